The molecule has 1 aromatic heterocycles. The lowest BCUT2D eigenvalue weighted by molar-refractivity contribution is -0.232. The van der Waals surface area contributed by atoms with Gasteiger partial charge in [0.1, 0.15) is 12.2 Å². The van der Waals surface area contributed by atoms with E-state index in [1.54, 1.807) is 6.92 Å². The second-order valence-corrected chi connectivity index (χ2v) is 14.2. The molecule has 10 atom stereocenters. The largest absolute Gasteiger partial charge is 0.399 e. The smallest absolute Gasteiger partial charge is 0.226 e. The van der Waals surface area contributed by atoms with E-state index in [4.69, 9.17) is 15.2 Å². The highest BCUT2D eigenvalue weighted by Crippen LogP contribution is 2.73. The summed E-state index contributed by atoms with van der Waals surface area (Å²) in [5.74, 6) is -2.05. The molecule has 1 saturated heterocycles. The van der Waals surface area contributed by atoms with Crippen LogP contribution in [0.25, 0.3) is 0 Å². The van der Waals surface area contributed by atoms with E-state index in [0.717, 1.165) is 11.6 Å². The van der Waals surface area contributed by atoms with Gasteiger partial charge in [-0.25, -0.2) is 13.2 Å². The molecule has 3 N–H and O–H groups in total. The summed E-state index contributed by atoms with van der Waals surface area (Å²) in [4.78, 5) is 26.0. The predicted molar refractivity (Wildman–Crippen MR) is 158 cm³/mol. The van der Waals surface area contributed by atoms with E-state index in [9.17, 15) is 19.1 Å². The van der Waals surface area contributed by atoms with Gasteiger partial charge in [0.05, 0.1) is 12.2 Å². The van der Waals surface area contributed by atoms with Crippen molar-refractivity contribution in [3.63, 3.8) is 0 Å². The van der Waals surface area contributed by atoms with Crippen molar-refractivity contribution < 1.29 is 37.3 Å². The number of thioether (sulfide) groups is 1. The Morgan fingerprint density at radius 2 is 1.93 bits per heavy atom. The molecule has 7 rings (SSSR count). The van der Waals surface area contributed by atoms with Crippen LogP contribution in [-0.2, 0) is 25.6 Å². The topological polar surface area (TPSA) is 104 Å². The third-order valence-corrected chi connectivity index (χ3v) is 11.9. The van der Waals surface area contributed by atoms with E-state index in [2.05, 4.69) is 0 Å². The van der Waals surface area contributed by atoms with Crippen molar-refractivity contribution in [2.75, 3.05) is 11.7 Å². The fourth-order valence-electron chi connectivity index (χ4n) is 9.13. The minimum absolute atomic E-state index is 0.0272. The van der Waals surface area contributed by atoms with Crippen LogP contribution in [0.3, 0.4) is 0 Å². The van der Waals surface area contributed by atoms with Crippen LogP contribution < -0.4 is 5.73 Å². The summed E-state index contributed by atoms with van der Waals surface area (Å²) in [7, 11) is 0. The number of benzene rings is 1. The van der Waals surface area contributed by atoms with E-state index in [-0.39, 0.29) is 24.8 Å². The van der Waals surface area contributed by atoms with E-state index in [0.29, 0.717) is 29.6 Å². The molecule has 11 heteroatoms. The third kappa shape index (κ3) is 3.88. The van der Waals surface area contributed by atoms with Gasteiger partial charge < -0.3 is 24.9 Å². The molecule has 1 aliphatic heterocycles. The number of rotatable bonds is 5. The molecule has 0 amide bonds. The summed E-state index contributed by atoms with van der Waals surface area (Å²) in [5.41, 5.74) is 1.44. The average molecular weight is 629 g/mol. The number of allylic oxidation sites excluding steroid dienone is 4. The average Bonchev–Trinajstić information content (AvgIpc) is 3.66. The molecular weight excluding hydrogens is 593 g/mol. The minimum atomic E-state index is -2.31. The highest BCUT2D eigenvalue weighted by molar-refractivity contribution is 8.13. The Labute approximate surface area is 257 Å². The Morgan fingerprint density at radius 3 is 2.66 bits per heavy atom. The number of nitrogens with two attached hydrogens (primary N) is 1. The van der Waals surface area contributed by atoms with Crippen molar-refractivity contribution in [1.29, 1.82) is 0 Å². The summed E-state index contributed by atoms with van der Waals surface area (Å²) >= 11 is 0.470. The number of ketones is 1. The summed E-state index contributed by atoms with van der Waals surface area (Å²) < 4.78 is 62.0. The second-order valence-electron chi connectivity index (χ2n) is 13.3. The molecule has 0 bridgehead atoms. The fraction of sp³-hybridized carbons (Fsp3) is 0.515. The monoisotopic (exact) mass is 628 g/mol. The molecule has 2 heterocycles. The highest BCUT2D eigenvalue weighted by Gasteiger charge is 2.80. The number of fused-ring (bicyclic) bond motifs is 7. The van der Waals surface area contributed by atoms with Gasteiger partial charge in [-0.1, -0.05) is 36.9 Å². The Balaban J connectivity index is 1.23. The molecule has 2 aromatic rings. The number of hydrogen-bond acceptors (Lipinski definition) is 7. The molecule has 0 radical (unpaired) electrons. The number of nitrogen functional groups attached to an aromatic ring is 1. The minimum Gasteiger partial charge on any atom is -0.399 e. The first-order chi connectivity index (χ1) is 20.9. The Bertz CT molecular complexity index is 1580. The quantitative estimate of drug-likeness (QED) is 0.429. The van der Waals surface area contributed by atoms with Crippen LogP contribution in [0, 0.1) is 22.7 Å². The molecule has 5 aliphatic rings. The van der Waals surface area contributed by atoms with Gasteiger partial charge in [0.25, 0.3) is 0 Å². The van der Waals surface area contributed by atoms with Crippen LogP contribution in [-0.4, -0.2) is 56.2 Å². The Kier molecular flexibility index (Phi) is 6.83. The maximum atomic E-state index is 17.6. The van der Waals surface area contributed by atoms with Crippen molar-refractivity contribution in [3.8, 4) is 0 Å². The summed E-state index contributed by atoms with van der Waals surface area (Å²) in [5, 5.41) is 11.1. The summed E-state index contributed by atoms with van der Waals surface area (Å²) in [6.07, 6.45) is 2.14. The number of aromatic nitrogens is 1. The number of carbonyl (C=O) groups is 2. The predicted octanol–water partition coefficient (Wildman–Crippen LogP) is 5.39. The van der Waals surface area contributed by atoms with Crippen LogP contribution in [0.2, 0.25) is 0 Å². The SMILES string of the molecule is C[C@]12C=CC(=O)C=C1[C@@H](F)C[C@H]1[C@@H]3C[C@H]4O[C@@H](c5ccn(Cc6ccc(N)cc6)c5)O[C@@]4(C(=O)SCF)[C@@]3(C)C[C@H](O)[C@@]12F. The van der Waals surface area contributed by atoms with Gasteiger partial charge in [-0.3, -0.25) is 9.59 Å². The zero-order valence-electron chi connectivity index (χ0n) is 24.4. The first-order valence-electron chi connectivity index (χ1n) is 14.9. The zero-order valence-corrected chi connectivity index (χ0v) is 25.2. The van der Waals surface area contributed by atoms with Gasteiger partial charge in [0.15, 0.2) is 23.3 Å². The number of carbonyl (C=O) groups excluding carboxylic acids is 2. The zero-order chi connectivity index (χ0) is 31.2. The molecule has 0 unspecified atom stereocenters. The van der Waals surface area contributed by atoms with E-state index in [1.807, 2.05) is 47.3 Å². The Morgan fingerprint density at radius 1 is 1.18 bits per heavy atom. The molecule has 44 heavy (non-hydrogen) atoms. The van der Waals surface area contributed by atoms with Crippen molar-refractivity contribution in [2.24, 2.45) is 22.7 Å². The molecule has 4 fully saturated rings. The number of aliphatic hydroxyl groups excluding tert-OH is 1. The summed E-state index contributed by atoms with van der Waals surface area (Å²) in [6, 6.07) is 8.34. The summed E-state index contributed by atoms with van der Waals surface area (Å²) in [6.45, 7) is 3.85. The van der Waals surface area contributed by atoms with Crippen LogP contribution in [0.1, 0.15) is 50.5 Å². The lowest BCUT2D eigenvalue weighted by Crippen LogP contribution is -2.70. The van der Waals surface area contributed by atoms with Gasteiger partial charge >= 0.3 is 0 Å². The van der Waals surface area contributed by atoms with Crippen molar-refractivity contribution in [2.45, 2.75) is 75.6 Å². The number of halogens is 3. The molecule has 1 aromatic carbocycles. The number of aliphatic hydroxyl groups is 1. The van der Waals surface area contributed by atoms with Crippen molar-refractivity contribution >= 4 is 28.3 Å². The van der Waals surface area contributed by atoms with Crippen LogP contribution in [0.4, 0.5) is 18.9 Å². The number of ether oxygens (including phenoxy) is 2. The molecule has 7 nitrogen and oxygen atoms in total. The maximum Gasteiger partial charge on any atom is 0.226 e. The number of hydrogen-bond donors (Lipinski definition) is 2. The molecular formula is C33H35F3N2O5S. The van der Waals surface area contributed by atoms with Gasteiger partial charge in [-0.15, -0.1) is 0 Å². The Hall–Kier alpha value is -2.86. The maximum absolute atomic E-state index is 17.6. The number of alkyl halides is 3. The van der Waals surface area contributed by atoms with Crippen molar-refractivity contribution in [1.82, 2.24) is 4.57 Å². The number of nitrogens with zero attached hydrogens (tertiary/aromatic N) is 1. The molecule has 4 aliphatic carbocycles. The third-order valence-electron chi connectivity index (χ3n) is 11.2. The molecule has 234 valence electrons. The molecule has 0 spiro atoms. The van der Waals surface area contributed by atoms with Gasteiger partial charge in [0, 0.05) is 46.9 Å². The van der Waals surface area contributed by atoms with E-state index >= 15 is 8.78 Å². The normalized spacial score (nSPS) is 42.3. The van der Waals surface area contributed by atoms with Crippen LogP contribution in [0.15, 0.2) is 66.5 Å². The van der Waals surface area contributed by atoms with Gasteiger partial charge in [-0.05, 0) is 73.6 Å². The lowest BCUT2D eigenvalue weighted by Gasteiger charge is -2.63. The van der Waals surface area contributed by atoms with E-state index < -0.39 is 75.5 Å². The van der Waals surface area contributed by atoms with E-state index in [1.165, 1.54) is 19.1 Å². The standard InChI is InChI=1S/C33H35F3N2O5S/c1-30-9-7-21(39)11-24(30)25(35)12-23-22-13-27-33(29(41)44-17-34,31(22,2)14-26(40)32(23,30)36)43-28(42-27)19-8-10-38(16-19)15-18-3-5-20(37)6-4-18/h3-11,16,22-23,25-28,40H,12-15,17,37H2,1-2H3/t22-,23-,25-,26-,27+,28+,30-,31-,32-,33-/m0/s1. The van der Waals surface area contributed by atoms with Crippen LogP contribution in [0.5, 0.6) is 0 Å². The first kappa shape index (κ1) is 29.8. The van der Waals surface area contributed by atoms with Crippen molar-refractivity contribution in [3.05, 3.63) is 77.7 Å². The second kappa shape index (κ2) is 10.1. The van der Waals surface area contributed by atoms with Gasteiger partial charge in [-0.2, -0.15) is 0 Å². The lowest BCUT2D eigenvalue weighted by atomic mass is 9.44. The fourth-order valence-corrected chi connectivity index (χ4v) is 9.86. The van der Waals surface area contributed by atoms with Gasteiger partial charge in [0.2, 0.25) is 5.12 Å². The number of anilines is 1. The van der Waals surface area contributed by atoms with Crippen LogP contribution >= 0.6 is 11.8 Å². The highest BCUT2D eigenvalue weighted by atomic mass is 32.2. The molecule has 3 saturated carbocycles. The first-order valence-corrected chi connectivity index (χ1v) is 15.9.